The molecule has 2 nitrogen and oxygen atoms in total. The number of rotatable bonds is 0. The highest BCUT2D eigenvalue weighted by Gasteiger charge is 2.17. The molecule has 0 radical (unpaired) electrons. The lowest BCUT2D eigenvalue weighted by atomic mass is 10.2. The van der Waals surface area contributed by atoms with Crippen molar-refractivity contribution in [1.29, 1.82) is 0 Å². The lowest BCUT2D eigenvalue weighted by Crippen LogP contribution is -2.28. The largest absolute Gasteiger partial charge is 0.486 e. The van der Waals surface area contributed by atoms with Gasteiger partial charge in [0.15, 0.2) is 11.6 Å². The van der Waals surface area contributed by atoms with Crippen LogP contribution in [0.25, 0.3) is 0 Å². The van der Waals surface area contributed by atoms with Gasteiger partial charge in [-0.25, -0.2) is 4.39 Å². The van der Waals surface area contributed by atoms with Crippen LogP contribution in [-0.2, 0) is 0 Å². The second-order valence-electron chi connectivity index (χ2n) is 2.97. The summed E-state index contributed by atoms with van der Waals surface area (Å²) in [6.45, 7) is 2.52. The summed E-state index contributed by atoms with van der Waals surface area (Å²) in [7, 11) is 0. The molecule has 3 heteroatoms. The van der Waals surface area contributed by atoms with E-state index < -0.39 is 0 Å². The molecule has 0 aromatic heterocycles. The average Bonchev–Trinajstić information content (AvgIpc) is 2.04. The fourth-order valence-electron chi connectivity index (χ4n) is 1.28. The molecule has 0 saturated heterocycles. The molecule has 1 aromatic rings. The van der Waals surface area contributed by atoms with Crippen LogP contribution in [-0.4, -0.2) is 12.6 Å². The van der Waals surface area contributed by atoms with Crippen LogP contribution in [0.15, 0.2) is 18.2 Å². The van der Waals surface area contributed by atoms with Crippen molar-refractivity contribution >= 4 is 5.69 Å². The molecule has 0 aliphatic carbocycles. The van der Waals surface area contributed by atoms with Gasteiger partial charge in [-0.2, -0.15) is 0 Å². The van der Waals surface area contributed by atoms with Gasteiger partial charge in [0, 0.05) is 0 Å². The molecule has 0 spiro atoms. The number of nitrogens with one attached hydrogen (secondary N) is 1. The molecular formula is C9H10FNO. The van der Waals surface area contributed by atoms with Crippen LogP contribution in [0.4, 0.5) is 10.1 Å². The summed E-state index contributed by atoms with van der Waals surface area (Å²) in [5, 5.41) is 3.14. The number of benzene rings is 1. The minimum absolute atomic E-state index is 0.249. The van der Waals surface area contributed by atoms with Crippen LogP contribution in [0.1, 0.15) is 6.92 Å². The third-order valence-corrected chi connectivity index (χ3v) is 1.85. The Kier molecular flexibility index (Phi) is 1.64. The first-order valence-electron chi connectivity index (χ1n) is 3.95. The standard InChI is InChI=1S/C9H10FNO/c1-6-5-12-9-7(10)3-2-4-8(9)11-6/h2-4,6,11H,5H2,1H3/t6-/m1/s1. The second kappa shape index (κ2) is 2.66. The molecular weight excluding hydrogens is 157 g/mol. The number of hydrogen-bond acceptors (Lipinski definition) is 2. The van der Waals surface area contributed by atoms with E-state index in [9.17, 15) is 4.39 Å². The fraction of sp³-hybridized carbons (Fsp3) is 0.333. The van der Waals surface area contributed by atoms with Gasteiger partial charge in [-0.15, -0.1) is 0 Å². The molecule has 0 unspecified atom stereocenters. The number of halogens is 1. The van der Waals surface area contributed by atoms with Crippen molar-refractivity contribution < 1.29 is 9.13 Å². The van der Waals surface area contributed by atoms with Gasteiger partial charge in [0.25, 0.3) is 0 Å². The van der Waals surface area contributed by atoms with Crippen molar-refractivity contribution in [3.63, 3.8) is 0 Å². The lowest BCUT2D eigenvalue weighted by Gasteiger charge is -2.24. The summed E-state index contributed by atoms with van der Waals surface area (Å²) in [6, 6.07) is 5.13. The molecule has 0 bridgehead atoms. The maximum absolute atomic E-state index is 13.0. The third kappa shape index (κ3) is 1.11. The van der Waals surface area contributed by atoms with Gasteiger partial charge in [0.2, 0.25) is 0 Å². The van der Waals surface area contributed by atoms with E-state index in [2.05, 4.69) is 5.32 Å². The quantitative estimate of drug-likeness (QED) is 0.638. The van der Waals surface area contributed by atoms with Gasteiger partial charge in [0.1, 0.15) is 6.61 Å². The first-order chi connectivity index (χ1) is 5.77. The number of para-hydroxylation sites is 1. The van der Waals surface area contributed by atoms with E-state index >= 15 is 0 Å². The average molecular weight is 167 g/mol. The van der Waals surface area contributed by atoms with Crippen molar-refractivity contribution in [2.75, 3.05) is 11.9 Å². The van der Waals surface area contributed by atoms with E-state index in [1.54, 1.807) is 6.07 Å². The van der Waals surface area contributed by atoms with E-state index in [0.717, 1.165) is 5.69 Å². The molecule has 0 fully saturated rings. The Balaban J connectivity index is 2.42. The highest BCUT2D eigenvalue weighted by molar-refractivity contribution is 5.58. The number of anilines is 1. The van der Waals surface area contributed by atoms with E-state index in [0.29, 0.717) is 12.4 Å². The molecule has 2 rings (SSSR count). The van der Waals surface area contributed by atoms with Gasteiger partial charge in [0.05, 0.1) is 11.7 Å². The zero-order valence-electron chi connectivity index (χ0n) is 6.80. The summed E-state index contributed by atoms with van der Waals surface area (Å²) in [4.78, 5) is 0. The summed E-state index contributed by atoms with van der Waals surface area (Å²) in [6.07, 6.45) is 0. The summed E-state index contributed by atoms with van der Waals surface area (Å²) in [5.74, 6) is 0.0440. The molecule has 1 aliphatic rings. The fourth-order valence-corrected chi connectivity index (χ4v) is 1.28. The molecule has 1 heterocycles. The van der Waals surface area contributed by atoms with Crippen molar-refractivity contribution in [2.24, 2.45) is 0 Å². The molecule has 1 atom stereocenters. The Morgan fingerprint density at radius 1 is 1.58 bits per heavy atom. The highest BCUT2D eigenvalue weighted by atomic mass is 19.1. The minimum atomic E-state index is -0.299. The summed E-state index contributed by atoms with van der Waals surface area (Å²) < 4.78 is 18.3. The predicted octanol–water partition coefficient (Wildman–Crippen LogP) is 2.02. The summed E-state index contributed by atoms with van der Waals surface area (Å²) >= 11 is 0. The van der Waals surface area contributed by atoms with E-state index in [-0.39, 0.29) is 11.9 Å². The maximum Gasteiger partial charge on any atom is 0.178 e. The molecule has 64 valence electrons. The van der Waals surface area contributed by atoms with Crippen molar-refractivity contribution in [2.45, 2.75) is 13.0 Å². The first kappa shape index (κ1) is 7.40. The smallest absolute Gasteiger partial charge is 0.178 e. The second-order valence-corrected chi connectivity index (χ2v) is 2.97. The lowest BCUT2D eigenvalue weighted by molar-refractivity contribution is 0.277. The molecule has 0 amide bonds. The zero-order chi connectivity index (χ0) is 8.55. The van der Waals surface area contributed by atoms with Gasteiger partial charge in [-0.05, 0) is 19.1 Å². The summed E-state index contributed by atoms with van der Waals surface area (Å²) in [5.41, 5.74) is 0.744. The zero-order valence-corrected chi connectivity index (χ0v) is 6.80. The van der Waals surface area contributed by atoms with Crippen LogP contribution >= 0.6 is 0 Å². The topological polar surface area (TPSA) is 21.3 Å². The monoisotopic (exact) mass is 167 g/mol. The Morgan fingerprint density at radius 3 is 3.25 bits per heavy atom. The van der Waals surface area contributed by atoms with Crippen LogP contribution in [0, 0.1) is 5.82 Å². The number of hydrogen-bond donors (Lipinski definition) is 1. The van der Waals surface area contributed by atoms with Crippen LogP contribution in [0.3, 0.4) is 0 Å². The maximum atomic E-state index is 13.0. The minimum Gasteiger partial charge on any atom is -0.486 e. The van der Waals surface area contributed by atoms with E-state index in [1.807, 2.05) is 13.0 Å². The number of fused-ring (bicyclic) bond motifs is 1. The van der Waals surface area contributed by atoms with Gasteiger partial charge in [-0.1, -0.05) is 6.07 Å². The van der Waals surface area contributed by atoms with Crippen LogP contribution in [0.5, 0.6) is 5.75 Å². The molecule has 12 heavy (non-hydrogen) atoms. The molecule has 1 aromatic carbocycles. The third-order valence-electron chi connectivity index (χ3n) is 1.85. The molecule has 1 aliphatic heterocycles. The number of ether oxygens (including phenoxy) is 1. The van der Waals surface area contributed by atoms with Crippen molar-refractivity contribution in [3.05, 3.63) is 24.0 Å². The highest BCUT2D eigenvalue weighted by Crippen LogP contribution is 2.30. The SMILES string of the molecule is C[C@@H]1COc2c(F)cccc2N1. The molecule has 0 saturated carbocycles. The Hall–Kier alpha value is -1.25. The van der Waals surface area contributed by atoms with E-state index in [1.165, 1.54) is 6.07 Å². The Morgan fingerprint density at radius 2 is 2.42 bits per heavy atom. The van der Waals surface area contributed by atoms with Gasteiger partial charge >= 0.3 is 0 Å². The molecule has 1 N–H and O–H groups in total. The van der Waals surface area contributed by atoms with Crippen LogP contribution in [0.2, 0.25) is 0 Å². The van der Waals surface area contributed by atoms with Crippen molar-refractivity contribution in [1.82, 2.24) is 0 Å². The van der Waals surface area contributed by atoms with Gasteiger partial charge in [-0.3, -0.25) is 0 Å². The normalized spacial score (nSPS) is 20.7. The Labute approximate surface area is 70.3 Å². The first-order valence-corrected chi connectivity index (χ1v) is 3.95. The van der Waals surface area contributed by atoms with E-state index in [4.69, 9.17) is 4.74 Å². The predicted molar refractivity (Wildman–Crippen MR) is 45.0 cm³/mol. The van der Waals surface area contributed by atoms with Gasteiger partial charge < -0.3 is 10.1 Å². The van der Waals surface area contributed by atoms with Crippen LogP contribution < -0.4 is 10.1 Å². The Bertz CT molecular complexity index is 301. The van der Waals surface area contributed by atoms with Crippen molar-refractivity contribution in [3.8, 4) is 5.75 Å².